The minimum Gasteiger partial charge on any atom is -0.449 e. The average Bonchev–Trinajstić information content (AvgIpc) is 2.61. The van der Waals surface area contributed by atoms with Crippen molar-refractivity contribution in [3.63, 3.8) is 0 Å². The molecule has 1 amide bonds. The van der Waals surface area contributed by atoms with Crippen molar-refractivity contribution in [1.82, 2.24) is 4.90 Å². The van der Waals surface area contributed by atoms with E-state index in [1.165, 1.54) is 12.1 Å². The van der Waals surface area contributed by atoms with Crippen LogP contribution in [0.1, 0.15) is 12.8 Å². The summed E-state index contributed by atoms with van der Waals surface area (Å²) in [5, 5.41) is 0. The average molecular weight is 340 g/mol. The quantitative estimate of drug-likeness (QED) is 0.848. The first-order chi connectivity index (χ1) is 11.6. The lowest BCUT2D eigenvalue weighted by Crippen LogP contribution is -2.49. The van der Waals surface area contributed by atoms with Gasteiger partial charge in [-0.1, -0.05) is 0 Å². The van der Waals surface area contributed by atoms with Gasteiger partial charge >= 0.3 is 6.09 Å². The van der Waals surface area contributed by atoms with Crippen molar-refractivity contribution in [2.45, 2.75) is 12.8 Å². The molecule has 2 aliphatic rings. The van der Waals surface area contributed by atoms with Gasteiger partial charge in [0.1, 0.15) is 11.6 Å². The van der Waals surface area contributed by atoms with Gasteiger partial charge in [-0.3, -0.25) is 0 Å². The van der Waals surface area contributed by atoms with E-state index in [0.29, 0.717) is 45.1 Å². The zero-order valence-corrected chi connectivity index (χ0v) is 13.5. The van der Waals surface area contributed by atoms with Crippen LogP contribution in [0.5, 0.6) is 0 Å². The topological polar surface area (TPSA) is 42.0 Å². The van der Waals surface area contributed by atoms with E-state index >= 15 is 0 Å². The van der Waals surface area contributed by atoms with Crippen LogP contribution in [0.15, 0.2) is 18.2 Å². The molecule has 24 heavy (non-hydrogen) atoms. The van der Waals surface area contributed by atoms with Crippen LogP contribution < -0.4 is 4.90 Å². The Hall–Kier alpha value is -1.89. The molecule has 0 aromatic heterocycles. The van der Waals surface area contributed by atoms with Crippen molar-refractivity contribution in [2.75, 3.05) is 50.9 Å². The lowest BCUT2D eigenvalue weighted by Gasteiger charge is -2.35. The van der Waals surface area contributed by atoms with Crippen molar-refractivity contribution in [2.24, 2.45) is 5.92 Å². The summed E-state index contributed by atoms with van der Waals surface area (Å²) in [6.07, 6.45) is 1.69. The Morgan fingerprint density at radius 2 is 2.04 bits per heavy atom. The van der Waals surface area contributed by atoms with Crippen molar-refractivity contribution < 1.29 is 23.0 Å². The van der Waals surface area contributed by atoms with E-state index in [1.54, 1.807) is 4.90 Å². The van der Waals surface area contributed by atoms with Gasteiger partial charge in [-0.15, -0.1) is 0 Å². The molecule has 1 unspecified atom stereocenters. The predicted octanol–water partition coefficient (Wildman–Crippen LogP) is 2.65. The number of anilines is 1. The van der Waals surface area contributed by atoms with E-state index in [4.69, 9.17) is 9.47 Å². The van der Waals surface area contributed by atoms with E-state index in [9.17, 15) is 13.6 Å². The van der Waals surface area contributed by atoms with Gasteiger partial charge in [0.2, 0.25) is 0 Å². The van der Waals surface area contributed by atoms with Crippen LogP contribution in [0, 0.1) is 17.6 Å². The summed E-state index contributed by atoms with van der Waals surface area (Å²) < 4.78 is 37.5. The zero-order valence-electron chi connectivity index (χ0n) is 13.5. The highest BCUT2D eigenvalue weighted by atomic mass is 19.1. The number of halogens is 2. The van der Waals surface area contributed by atoms with Crippen molar-refractivity contribution >= 4 is 11.8 Å². The van der Waals surface area contributed by atoms with Crippen molar-refractivity contribution in [3.8, 4) is 0 Å². The highest BCUT2D eigenvalue weighted by Crippen LogP contribution is 2.22. The van der Waals surface area contributed by atoms with Crippen LogP contribution in [0.3, 0.4) is 0 Å². The van der Waals surface area contributed by atoms with Gasteiger partial charge in [0, 0.05) is 44.8 Å². The number of ether oxygens (including phenoxy) is 2. The number of carbonyl (C=O) groups is 1. The Balaban J connectivity index is 1.46. The summed E-state index contributed by atoms with van der Waals surface area (Å²) in [7, 11) is 0. The molecule has 0 bridgehead atoms. The van der Waals surface area contributed by atoms with E-state index in [1.807, 2.05) is 4.90 Å². The lowest BCUT2D eigenvalue weighted by molar-refractivity contribution is 0.0157. The Morgan fingerprint density at radius 1 is 1.25 bits per heavy atom. The molecular formula is C17H22F2N2O3. The number of carbonyl (C=O) groups excluding carboxylic acids is 1. The number of amides is 1. The maximum Gasteiger partial charge on any atom is 0.409 e. The van der Waals surface area contributed by atoms with Crippen LogP contribution >= 0.6 is 0 Å². The highest BCUT2D eigenvalue weighted by molar-refractivity contribution is 5.68. The molecule has 132 valence electrons. The lowest BCUT2D eigenvalue weighted by atomic mass is 10.0. The fourth-order valence-electron chi connectivity index (χ4n) is 3.09. The van der Waals surface area contributed by atoms with Crippen LogP contribution in [-0.4, -0.2) is 57.0 Å². The summed E-state index contributed by atoms with van der Waals surface area (Å²) in [5.41, 5.74) is 0.365. The second kappa shape index (κ2) is 7.79. The maximum absolute atomic E-state index is 13.8. The maximum atomic E-state index is 13.8. The first-order valence-electron chi connectivity index (χ1n) is 8.33. The zero-order chi connectivity index (χ0) is 16.9. The van der Waals surface area contributed by atoms with E-state index in [0.717, 1.165) is 25.5 Å². The van der Waals surface area contributed by atoms with Crippen LogP contribution in [0.4, 0.5) is 19.3 Å². The Kier molecular flexibility index (Phi) is 5.50. The number of nitrogens with zero attached hydrogens (tertiary/aromatic N) is 2. The van der Waals surface area contributed by atoms with Crippen LogP contribution in [0.2, 0.25) is 0 Å². The fourth-order valence-corrected chi connectivity index (χ4v) is 3.09. The minimum atomic E-state index is -0.592. The van der Waals surface area contributed by atoms with Gasteiger partial charge < -0.3 is 19.3 Å². The molecule has 0 spiro atoms. The van der Waals surface area contributed by atoms with E-state index in [-0.39, 0.29) is 12.0 Å². The number of piperazine rings is 1. The van der Waals surface area contributed by atoms with Gasteiger partial charge in [-0.05, 0) is 25.0 Å². The van der Waals surface area contributed by atoms with E-state index in [2.05, 4.69) is 0 Å². The van der Waals surface area contributed by atoms with Gasteiger partial charge in [-0.2, -0.15) is 0 Å². The van der Waals surface area contributed by atoms with Gasteiger partial charge in [0.05, 0.1) is 18.9 Å². The third-order valence-electron chi connectivity index (χ3n) is 4.49. The smallest absolute Gasteiger partial charge is 0.409 e. The Morgan fingerprint density at radius 3 is 2.71 bits per heavy atom. The third-order valence-corrected chi connectivity index (χ3v) is 4.49. The minimum absolute atomic E-state index is 0.275. The molecular weight excluding hydrogens is 318 g/mol. The first kappa shape index (κ1) is 17.0. The number of hydrogen-bond acceptors (Lipinski definition) is 4. The molecule has 5 nitrogen and oxygen atoms in total. The van der Waals surface area contributed by atoms with Gasteiger partial charge in [0.25, 0.3) is 0 Å². The molecule has 0 N–H and O–H groups in total. The second-order valence-corrected chi connectivity index (χ2v) is 6.23. The monoisotopic (exact) mass is 340 g/mol. The largest absolute Gasteiger partial charge is 0.449 e. The van der Waals surface area contributed by atoms with Crippen molar-refractivity contribution in [3.05, 3.63) is 29.8 Å². The fraction of sp³-hybridized carbons (Fsp3) is 0.588. The molecule has 1 aromatic carbocycles. The second-order valence-electron chi connectivity index (χ2n) is 6.23. The molecule has 2 saturated heterocycles. The Labute approximate surface area is 140 Å². The number of rotatable bonds is 3. The van der Waals surface area contributed by atoms with Crippen molar-refractivity contribution in [1.29, 1.82) is 0 Å². The number of hydrogen-bond donors (Lipinski definition) is 0. The van der Waals surface area contributed by atoms with Gasteiger partial charge in [0.15, 0.2) is 0 Å². The molecule has 0 radical (unpaired) electrons. The molecule has 1 atom stereocenters. The molecule has 3 rings (SSSR count). The summed E-state index contributed by atoms with van der Waals surface area (Å²) in [4.78, 5) is 15.6. The summed E-state index contributed by atoms with van der Waals surface area (Å²) in [5.74, 6) is -0.897. The number of benzene rings is 1. The first-order valence-corrected chi connectivity index (χ1v) is 8.33. The normalized spacial score (nSPS) is 21.7. The molecule has 0 saturated carbocycles. The molecule has 7 heteroatoms. The Bertz CT molecular complexity index is 571. The summed E-state index contributed by atoms with van der Waals surface area (Å²) >= 11 is 0. The SMILES string of the molecule is O=C(OCC1CCCOC1)N1CCN(c2ccc(F)cc2F)CC1. The van der Waals surface area contributed by atoms with Gasteiger partial charge in [-0.25, -0.2) is 13.6 Å². The molecule has 2 aliphatic heterocycles. The van der Waals surface area contributed by atoms with Crippen LogP contribution in [-0.2, 0) is 9.47 Å². The summed E-state index contributed by atoms with van der Waals surface area (Å²) in [6, 6.07) is 3.55. The third kappa shape index (κ3) is 4.14. The molecule has 0 aliphatic carbocycles. The standard InChI is InChI=1S/C17H22F2N2O3/c18-14-3-4-16(15(19)10-14)20-5-7-21(8-6-20)17(22)24-12-13-2-1-9-23-11-13/h3-4,10,13H,1-2,5-9,11-12H2. The molecule has 2 heterocycles. The highest BCUT2D eigenvalue weighted by Gasteiger charge is 2.25. The predicted molar refractivity (Wildman–Crippen MR) is 85.0 cm³/mol. The molecule has 2 fully saturated rings. The molecule has 1 aromatic rings. The van der Waals surface area contributed by atoms with Crippen LogP contribution in [0.25, 0.3) is 0 Å². The summed E-state index contributed by atoms with van der Waals surface area (Å²) in [6.45, 7) is 3.70. The van der Waals surface area contributed by atoms with E-state index < -0.39 is 11.6 Å².